The smallest absolute Gasteiger partial charge is 0.0615 e. The lowest BCUT2D eigenvalue weighted by Gasteiger charge is -2.58. The van der Waals surface area contributed by atoms with E-state index in [1.807, 2.05) is 0 Å². The Morgan fingerprint density at radius 2 is 1.53 bits per heavy atom. The van der Waals surface area contributed by atoms with Crippen LogP contribution >= 0.6 is 0 Å². The van der Waals surface area contributed by atoms with Crippen LogP contribution in [-0.2, 0) is 0 Å². The van der Waals surface area contributed by atoms with E-state index in [0.717, 1.165) is 12.8 Å². The monoisotopic (exact) mass is 213 g/mol. The van der Waals surface area contributed by atoms with E-state index in [1.165, 1.54) is 25.9 Å². The normalized spacial score (nSPS) is 21.4. The van der Waals surface area contributed by atoms with E-state index in [0.29, 0.717) is 12.0 Å². The van der Waals surface area contributed by atoms with Crippen LogP contribution < -0.4 is 0 Å². The van der Waals surface area contributed by atoms with Crippen LogP contribution in [0, 0.1) is 5.41 Å². The van der Waals surface area contributed by atoms with Crippen molar-refractivity contribution in [3.8, 4) is 0 Å². The van der Waals surface area contributed by atoms with Crippen LogP contribution in [0.3, 0.4) is 0 Å². The van der Waals surface area contributed by atoms with Gasteiger partial charge in [0.2, 0.25) is 0 Å². The van der Waals surface area contributed by atoms with Gasteiger partial charge in [-0.1, -0.05) is 27.7 Å². The number of hydrogen-bond acceptors (Lipinski definition) is 2. The molecule has 1 saturated heterocycles. The molecule has 0 aromatic carbocycles. The molecule has 0 aromatic heterocycles. The highest BCUT2D eigenvalue weighted by molar-refractivity contribution is 5.01. The minimum absolute atomic E-state index is 0.0633. The zero-order chi connectivity index (χ0) is 11.5. The second-order valence-corrected chi connectivity index (χ2v) is 5.15. The minimum atomic E-state index is 0.0633. The maximum atomic E-state index is 9.59. The van der Waals surface area contributed by atoms with Crippen molar-refractivity contribution in [1.82, 2.24) is 4.90 Å². The molecule has 1 fully saturated rings. The summed E-state index contributed by atoms with van der Waals surface area (Å²) in [7, 11) is 0. The lowest BCUT2D eigenvalue weighted by Crippen LogP contribution is -2.66. The molecule has 1 rings (SSSR count). The van der Waals surface area contributed by atoms with Crippen molar-refractivity contribution < 1.29 is 5.11 Å². The number of rotatable bonds is 6. The molecule has 1 aliphatic rings. The Morgan fingerprint density at radius 1 is 1.07 bits per heavy atom. The molecule has 0 radical (unpaired) electrons. The molecule has 90 valence electrons. The standard InChI is InChI=1S/C13H27NO/c1-5-12(6-2)9-14(10-12)13(7-3,8-4)11-15/h15H,5-11H2,1-4H3. The molecule has 2 nitrogen and oxygen atoms in total. The number of aliphatic hydroxyl groups is 1. The van der Waals surface area contributed by atoms with Gasteiger partial charge >= 0.3 is 0 Å². The summed E-state index contributed by atoms with van der Waals surface area (Å²) in [5.74, 6) is 0. The van der Waals surface area contributed by atoms with Crippen LogP contribution in [0.15, 0.2) is 0 Å². The highest BCUT2D eigenvalue weighted by atomic mass is 16.3. The molecule has 0 aliphatic carbocycles. The fourth-order valence-electron chi connectivity index (χ4n) is 2.82. The van der Waals surface area contributed by atoms with Gasteiger partial charge in [-0.25, -0.2) is 0 Å². The summed E-state index contributed by atoms with van der Waals surface area (Å²) in [6.45, 7) is 11.6. The maximum Gasteiger partial charge on any atom is 0.0615 e. The number of hydrogen-bond donors (Lipinski definition) is 1. The van der Waals surface area contributed by atoms with Gasteiger partial charge in [0, 0.05) is 18.6 Å². The van der Waals surface area contributed by atoms with E-state index in [4.69, 9.17) is 0 Å². The third kappa shape index (κ3) is 2.07. The third-order valence-electron chi connectivity index (χ3n) is 4.83. The fraction of sp³-hybridized carbons (Fsp3) is 1.00. The molecule has 1 N–H and O–H groups in total. The van der Waals surface area contributed by atoms with Crippen molar-refractivity contribution in [1.29, 1.82) is 0 Å². The van der Waals surface area contributed by atoms with Crippen molar-refractivity contribution >= 4 is 0 Å². The molecule has 1 aliphatic heterocycles. The molecule has 0 spiro atoms. The van der Waals surface area contributed by atoms with Gasteiger partial charge in [-0.2, -0.15) is 0 Å². The largest absolute Gasteiger partial charge is 0.394 e. The molecular formula is C13H27NO. The summed E-state index contributed by atoms with van der Waals surface area (Å²) in [5.41, 5.74) is 0.610. The van der Waals surface area contributed by atoms with Gasteiger partial charge in [-0.05, 0) is 31.1 Å². The first-order valence-corrected chi connectivity index (χ1v) is 6.48. The first-order chi connectivity index (χ1) is 7.12. The van der Waals surface area contributed by atoms with E-state index in [2.05, 4.69) is 32.6 Å². The van der Waals surface area contributed by atoms with Gasteiger partial charge in [-0.3, -0.25) is 4.90 Å². The van der Waals surface area contributed by atoms with Crippen LogP contribution in [0.2, 0.25) is 0 Å². The van der Waals surface area contributed by atoms with E-state index < -0.39 is 0 Å². The Hall–Kier alpha value is -0.0800. The van der Waals surface area contributed by atoms with Crippen LogP contribution in [0.1, 0.15) is 53.4 Å². The second kappa shape index (κ2) is 4.84. The van der Waals surface area contributed by atoms with Crippen molar-refractivity contribution in [3.05, 3.63) is 0 Å². The molecule has 0 bridgehead atoms. The highest BCUT2D eigenvalue weighted by Gasteiger charge is 2.47. The Kier molecular flexibility index (Phi) is 4.19. The van der Waals surface area contributed by atoms with Crippen molar-refractivity contribution in [3.63, 3.8) is 0 Å². The van der Waals surface area contributed by atoms with Crippen LogP contribution in [0.4, 0.5) is 0 Å². The zero-order valence-electron chi connectivity index (χ0n) is 10.8. The summed E-state index contributed by atoms with van der Waals surface area (Å²) < 4.78 is 0. The molecule has 0 amide bonds. The average molecular weight is 213 g/mol. The molecule has 0 atom stereocenters. The number of likely N-dealkylation sites (tertiary alicyclic amines) is 1. The lowest BCUT2D eigenvalue weighted by molar-refractivity contribution is -0.105. The summed E-state index contributed by atoms with van der Waals surface area (Å²) in [6.07, 6.45) is 4.66. The predicted octanol–water partition coefficient (Wildman–Crippen LogP) is 2.66. The number of aliphatic hydroxyl groups excluding tert-OH is 1. The van der Waals surface area contributed by atoms with E-state index in [1.54, 1.807) is 0 Å². The fourth-order valence-corrected chi connectivity index (χ4v) is 2.82. The maximum absolute atomic E-state index is 9.59. The predicted molar refractivity (Wildman–Crippen MR) is 65.0 cm³/mol. The Morgan fingerprint density at radius 3 is 1.80 bits per heavy atom. The Balaban J connectivity index is 2.62. The molecule has 2 heteroatoms. The zero-order valence-corrected chi connectivity index (χ0v) is 10.8. The van der Waals surface area contributed by atoms with Crippen molar-refractivity contribution in [2.45, 2.75) is 58.9 Å². The number of nitrogens with zero attached hydrogens (tertiary/aromatic N) is 1. The highest BCUT2D eigenvalue weighted by Crippen LogP contribution is 2.42. The third-order valence-corrected chi connectivity index (χ3v) is 4.83. The van der Waals surface area contributed by atoms with Gasteiger partial charge in [0.25, 0.3) is 0 Å². The molecule has 0 unspecified atom stereocenters. The quantitative estimate of drug-likeness (QED) is 0.733. The second-order valence-electron chi connectivity index (χ2n) is 5.15. The SMILES string of the molecule is CCC1(CC)CN(C(CC)(CC)CO)C1. The Labute approximate surface area is 94.7 Å². The van der Waals surface area contributed by atoms with Crippen LogP contribution in [0.5, 0.6) is 0 Å². The summed E-state index contributed by atoms with van der Waals surface area (Å²) >= 11 is 0. The first kappa shape index (κ1) is 13.0. The van der Waals surface area contributed by atoms with E-state index in [9.17, 15) is 5.11 Å². The van der Waals surface area contributed by atoms with Crippen LogP contribution in [-0.4, -0.2) is 35.2 Å². The molecule has 15 heavy (non-hydrogen) atoms. The van der Waals surface area contributed by atoms with Crippen molar-refractivity contribution in [2.75, 3.05) is 19.7 Å². The molecule has 0 saturated carbocycles. The summed E-state index contributed by atoms with van der Waals surface area (Å²) in [5, 5.41) is 9.59. The van der Waals surface area contributed by atoms with Crippen molar-refractivity contribution in [2.24, 2.45) is 5.41 Å². The van der Waals surface area contributed by atoms with Gasteiger partial charge in [0.15, 0.2) is 0 Å². The van der Waals surface area contributed by atoms with E-state index in [-0.39, 0.29) is 5.54 Å². The lowest BCUT2D eigenvalue weighted by atomic mass is 9.71. The molecule has 0 aromatic rings. The van der Waals surface area contributed by atoms with E-state index >= 15 is 0 Å². The van der Waals surface area contributed by atoms with Gasteiger partial charge in [0.05, 0.1) is 6.61 Å². The van der Waals surface area contributed by atoms with Gasteiger partial charge in [0.1, 0.15) is 0 Å². The minimum Gasteiger partial charge on any atom is -0.394 e. The van der Waals surface area contributed by atoms with Gasteiger partial charge < -0.3 is 5.11 Å². The van der Waals surface area contributed by atoms with Gasteiger partial charge in [-0.15, -0.1) is 0 Å². The summed E-state index contributed by atoms with van der Waals surface area (Å²) in [6, 6.07) is 0. The Bertz CT molecular complexity index is 178. The average Bonchev–Trinajstić information content (AvgIpc) is 2.24. The molecular weight excluding hydrogens is 186 g/mol. The van der Waals surface area contributed by atoms with Crippen LogP contribution in [0.25, 0.3) is 0 Å². The topological polar surface area (TPSA) is 23.5 Å². The molecule has 1 heterocycles. The first-order valence-electron chi connectivity index (χ1n) is 6.48. The summed E-state index contributed by atoms with van der Waals surface area (Å²) in [4.78, 5) is 2.50.